The number of ether oxygens (including phenoxy) is 1. The van der Waals surface area contributed by atoms with E-state index in [0.29, 0.717) is 33.8 Å². The van der Waals surface area contributed by atoms with Crippen LogP contribution in [0.25, 0.3) is 38.9 Å². The lowest BCUT2D eigenvalue weighted by molar-refractivity contribution is 0.414. The fourth-order valence-electron chi connectivity index (χ4n) is 4.74. The lowest BCUT2D eigenvalue weighted by Gasteiger charge is -2.18. The number of rotatable bonds is 4. The van der Waals surface area contributed by atoms with Gasteiger partial charge in [0.15, 0.2) is 11.3 Å². The van der Waals surface area contributed by atoms with Gasteiger partial charge in [0.2, 0.25) is 0 Å². The van der Waals surface area contributed by atoms with E-state index >= 15 is 0 Å². The van der Waals surface area contributed by atoms with Gasteiger partial charge in [0.1, 0.15) is 22.5 Å². The van der Waals surface area contributed by atoms with Gasteiger partial charge in [-0.2, -0.15) is 0 Å². The third kappa shape index (κ3) is 3.27. The maximum atomic E-state index is 14.1. The number of para-hydroxylation sites is 2. The Morgan fingerprint density at radius 1 is 0.829 bits per heavy atom. The predicted octanol–water partition coefficient (Wildman–Crippen LogP) is 5.21. The summed E-state index contributed by atoms with van der Waals surface area (Å²) in [4.78, 5) is 28.9. The second-order valence-corrected chi connectivity index (χ2v) is 8.54. The first kappa shape index (κ1) is 21.0. The minimum Gasteiger partial charge on any atom is -0.497 e. The van der Waals surface area contributed by atoms with Gasteiger partial charge in [0.25, 0.3) is 5.56 Å². The van der Waals surface area contributed by atoms with Crippen LogP contribution in [0.5, 0.6) is 5.75 Å². The Kier molecular flexibility index (Phi) is 4.84. The minimum atomic E-state index is -0.191. The van der Waals surface area contributed by atoms with Gasteiger partial charge in [-0.15, -0.1) is 0 Å². The van der Waals surface area contributed by atoms with Gasteiger partial charge in [-0.25, -0.2) is 15.0 Å². The van der Waals surface area contributed by atoms with Crippen molar-refractivity contribution in [3.63, 3.8) is 0 Å². The lowest BCUT2D eigenvalue weighted by Crippen LogP contribution is -2.27. The molecule has 3 heterocycles. The molecule has 35 heavy (non-hydrogen) atoms. The van der Waals surface area contributed by atoms with Gasteiger partial charge < -0.3 is 4.74 Å². The number of benzene rings is 3. The third-order valence-electron chi connectivity index (χ3n) is 6.47. The normalized spacial score (nSPS) is 12.4. The van der Waals surface area contributed by atoms with Crippen LogP contribution < -0.4 is 10.3 Å². The Balaban J connectivity index is 1.75. The van der Waals surface area contributed by atoms with E-state index in [2.05, 4.69) is 0 Å². The molecule has 3 aromatic heterocycles. The van der Waals surface area contributed by atoms with Crippen LogP contribution >= 0.6 is 0 Å². The molecule has 6 aromatic rings. The highest BCUT2D eigenvalue weighted by Crippen LogP contribution is 2.30. The molecule has 172 valence electrons. The number of hydrogen-bond acceptors (Lipinski definition) is 5. The molecule has 0 unspecified atom stereocenters. The smallest absolute Gasteiger partial charge is 0.265 e. The standard InChI is InChI=1S/C28H23N5O2/c1-17(19-10-5-4-6-11-19)32-18(2)29-26-24(28(32)34)25-27(31-23-15-8-7-14-22(23)30-25)33(26)20-12-9-13-21(16-20)35-3/h4-17H,1-3H3/t17-/m1/s1. The first-order valence-corrected chi connectivity index (χ1v) is 11.5. The molecule has 0 spiro atoms. The third-order valence-corrected chi connectivity index (χ3v) is 6.47. The van der Waals surface area contributed by atoms with Crippen LogP contribution in [-0.4, -0.2) is 31.2 Å². The maximum Gasteiger partial charge on any atom is 0.265 e. The summed E-state index contributed by atoms with van der Waals surface area (Å²) in [5.74, 6) is 1.32. The van der Waals surface area contributed by atoms with Crippen LogP contribution in [0.1, 0.15) is 24.4 Å². The van der Waals surface area contributed by atoms with Crippen molar-refractivity contribution < 1.29 is 4.74 Å². The van der Waals surface area contributed by atoms with Crippen LogP contribution in [0, 0.1) is 6.92 Å². The molecule has 0 radical (unpaired) electrons. The zero-order chi connectivity index (χ0) is 24.1. The number of nitrogens with zero attached hydrogens (tertiary/aromatic N) is 5. The van der Waals surface area contributed by atoms with Crippen LogP contribution in [0.15, 0.2) is 83.7 Å². The van der Waals surface area contributed by atoms with Gasteiger partial charge in [-0.1, -0.05) is 48.5 Å². The van der Waals surface area contributed by atoms with Crippen LogP contribution in [0.3, 0.4) is 0 Å². The van der Waals surface area contributed by atoms with Gasteiger partial charge in [0, 0.05) is 6.07 Å². The summed E-state index contributed by atoms with van der Waals surface area (Å²) < 4.78 is 9.10. The molecule has 0 aliphatic heterocycles. The quantitative estimate of drug-likeness (QED) is 0.360. The van der Waals surface area contributed by atoms with Crippen LogP contribution in [0.4, 0.5) is 0 Å². The monoisotopic (exact) mass is 461 g/mol. The summed E-state index contributed by atoms with van der Waals surface area (Å²) in [6, 6.07) is 25.1. The highest BCUT2D eigenvalue weighted by atomic mass is 16.5. The molecule has 0 bridgehead atoms. The van der Waals surface area contributed by atoms with Crippen molar-refractivity contribution >= 4 is 33.2 Å². The topological polar surface area (TPSA) is 74.8 Å². The van der Waals surface area contributed by atoms with E-state index in [0.717, 1.165) is 22.3 Å². The highest BCUT2D eigenvalue weighted by molar-refractivity contribution is 6.05. The van der Waals surface area contributed by atoms with Crippen LogP contribution in [0.2, 0.25) is 0 Å². The molecule has 0 amide bonds. The van der Waals surface area contributed by atoms with Crippen molar-refractivity contribution in [1.82, 2.24) is 24.1 Å². The molecule has 0 saturated heterocycles. The van der Waals surface area contributed by atoms with E-state index in [-0.39, 0.29) is 11.6 Å². The molecule has 0 fully saturated rings. The van der Waals surface area contributed by atoms with E-state index < -0.39 is 0 Å². The summed E-state index contributed by atoms with van der Waals surface area (Å²) >= 11 is 0. The Morgan fingerprint density at radius 2 is 1.54 bits per heavy atom. The second kappa shape index (κ2) is 8.06. The van der Waals surface area contributed by atoms with E-state index in [4.69, 9.17) is 19.7 Å². The average Bonchev–Trinajstić information content (AvgIpc) is 3.20. The fraction of sp³-hybridized carbons (Fsp3) is 0.143. The molecule has 7 heteroatoms. The SMILES string of the molecule is COc1cccc(-n2c3nc4ccccc4nc3c3c(=O)n([C@H](C)c4ccccc4)c(C)nc32)c1. The summed E-state index contributed by atoms with van der Waals surface area (Å²) in [6.45, 7) is 3.88. The van der Waals surface area contributed by atoms with Gasteiger partial charge in [0.05, 0.1) is 29.9 Å². The molecule has 0 N–H and O–H groups in total. The largest absolute Gasteiger partial charge is 0.497 e. The number of aryl methyl sites for hydroxylation is 1. The molecule has 1 atom stereocenters. The fourth-order valence-corrected chi connectivity index (χ4v) is 4.74. The van der Waals surface area contributed by atoms with Crippen molar-refractivity contribution in [3.8, 4) is 11.4 Å². The molecular formula is C28H23N5O2. The van der Waals surface area contributed by atoms with Gasteiger partial charge >= 0.3 is 0 Å². The molecule has 7 nitrogen and oxygen atoms in total. The zero-order valence-electron chi connectivity index (χ0n) is 19.6. The van der Waals surface area contributed by atoms with Crippen molar-refractivity contribution in [1.29, 1.82) is 0 Å². The summed E-state index contributed by atoms with van der Waals surface area (Å²) in [6.07, 6.45) is 0. The Morgan fingerprint density at radius 3 is 2.29 bits per heavy atom. The number of methoxy groups -OCH3 is 1. The molecule has 0 aliphatic carbocycles. The molecule has 3 aromatic carbocycles. The van der Waals surface area contributed by atoms with Gasteiger partial charge in [-0.3, -0.25) is 13.9 Å². The first-order chi connectivity index (χ1) is 17.1. The van der Waals surface area contributed by atoms with E-state index in [1.807, 2.05) is 97.3 Å². The highest BCUT2D eigenvalue weighted by Gasteiger charge is 2.24. The Bertz CT molecular complexity index is 1790. The Labute approximate surface area is 201 Å². The summed E-state index contributed by atoms with van der Waals surface area (Å²) in [5.41, 5.74) is 4.83. The number of aromatic nitrogens is 5. The minimum absolute atomic E-state index is 0.139. The maximum absolute atomic E-state index is 14.1. The van der Waals surface area contributed by atoms with Gasteiger partial charge in [-0.05, 0) is 43.7 Å². The van der Waals surface area contributed by atoms with Crippen molar-refractivity contribution in [3.05, 3.63) is 101 Å². The van der Waals surface area contributed by atoms with Crippen molar-refractivity contribution in [2.24, 2.45) is 0 Å². The Hall–Kier alpha value is -4.52. The van der Waals surface area contributed by atoms with E-state index in [1.165, 1.54) is 0 Å². The summed E-state index contributed by atoms with van der Waals surface area (Å²) in [5, 5.41) is 0.453. The molecule has 6 rings (SSSR count). The number of hydrogen-bond donors (Lipinski definition) is 0. The predicted molar refractivity (Wildman–Crippen MR) is 137 cm³/mol. The second-order valence-electron chi connectivity index (χ2n) is 8.54. The average molecular weight is 462 g/mol. The van der Waals surface area contributed by atoms with Crippen molar-refractivity contribution in [2.45, 2.75) is 19.9 Å². The number of fused-ring (bicyclic) bond motifs is 4. The van der Waals surface area contributed by atoms with Crippen LogP contribution in [-0.2, 0) is 0 Å². The summed E-state index contributed by atoms with van der Waals surface area (Å²) in [7, 11) is 1.63. The molecule has 0 saturated carbocycles. The van der Waals surface area contributed by atoms with Crippen molar-refractivity contribution in [2.75, 3.05) is 7.11 Å². The molecular weight excluding hydrogens is 438 g/mol. The zero-order valence-corrected chi connectivity index (χ0v) is 19.6. The van der Waals surface area contributed by atoms with E-state index in [1.54, 1.807) is 11.7 Å². The van der Waals surface area contributed by atoms with E-state index in [9.17, 15) is 4.79 Å². The first-order valence-electron chi connectivity index (χ1n) is 11.5. The molecule has 0 aliphatic rings. The lowest BCUT2D eigenvalue weighted by atomic mass is 10.1.